The molecule has 0 spiro atoms. The lowest BCUT2D eigenvalue weighted by molar-refractivity contribution is 0.628. The van der Waals surface area contributed by atoms with Crippen molar-refractivity contribution in [2.24, 2.45) is 0 Å². The van der Waals surface area contributed by atoms with E-state index in [0.717, 1.165) is 27.8 Å². The average Bonchev–Trinajstić information content (AvgIpc) is 3.09. The molecule has 0 bridgehead atoms. The topological polar surface area (TPSA) is 37.8 Å². The molecule has 0 radical (unpaired) electrons. The summed E-state index contributed by atoms with van der Waals surface area (Å²) in [5, 5.41) is 7.39. The summed E-state index contributed by atoms with van der Waals surface area (Å²) < 4.78 is 12.9. The third-order valence-corrected chi connectivity index (χ3v) is 4.77. The number of aromatic nitrogens is 2. The van der Waals surface area contributed by atoms with E-state index in [1.54, 1.807) is 34.8 Å². The summed E-state index contributed by atoms with van der Waals surface area (Å²) in [4.78, 5) is 10.0. The Hall–Kier alpha value is -1.63. The molecular weight excluding hydrogens is 305 g/mol. The first kappa shape index (κ1) is 14.3. The van der Waals surface area contributed by atoms with Crippen LogP contribution in [0.3, 0.4) is 0 Å². The first-order chi connectivity index (χ1) is 10.2. The van der Waals surface area contributed by atoms with Crippen molar-refractivity contribution in [1.82, 2.24) is 15.3 Å². The number of aryl methyl sites for hydroxylation is 1. The average molecular weight is 319 g/mol. The van der Waals surface area contributed by atoms with Crippen molar-refractivity contribution in [2.75, 3.05) is 0 Å². The van der Waals surface area contributed by atoms with Crippen LogP contribution in [0.5, 0.6) is 0 Å². The Kier molecular flexibility index (Phi) is 4.38. The maximum absolute atomic E-state index is 12.9. The second kappa shape index (κ2) is 6.43. The lowest BCUT2D eigenvalue weighted by atomic mass is 10.2. The molecule has 0 saturated heterocycles. The fourth-order valence-corrected chi connectivity index (χ4v) is 3.50. The van der Waals surface area contributed by atoms with Crippen LogP contribution >= 0.6 is 22.7 Å². The minimum absolute atomic E-state index is 0.225. The minimum Gasteiger partial charge on any atom is -0.306 e. The van der Waals surface area contributed by atoms with Gasteiger partial charge in [0.25, 0.3) is 0 Å². The molecule has 0 fully saturated rings. The monoisotopic (exact) mass is 319 g/mol. The summed E-state index contributed by atoms with van der Waals surface area (Å²) in [7, 11) is 0. The third-order valence-electron chi connectivity index (χ3n) is 2.92. The van der Waals surface area contributed by atoms with Gasteiger partial charge in [0.15, 0.2) is 0 Å². The Morgan fingerprint density at radius 1 is 1.19 bits per heavy atom. The minimum atomic E-state index is -0.225. The van der Waals surface area contributed by atoms with E-state index < -0.39 is 0 Å². The number of halogens is 1. The number of benzene rings is 1. The maximum Gasteiger partial charge on any atom is 0.123 e. The van der Waals surface area contributed by atoms with Gasteiger partial charge in [0.05, 0.1) is 10.7 Å². The first-order valence-corrected chi connectivity index (χ1v) is 8.23. The normalized spacial score (nSPS) is 11.0. The SMILES string of the molecule is Cc1ncc(CNCc2csc(-c3ccc(F)cc3)n2)s1. The van der Waals surface area contributed by atoms with Crippen LogP contribution in [0.1, 0.15) is 15.6 Å². The van der Waals surface area contributed by atoms with E-state index >= 15 is 0 Å². The Balaban J connectivity index is 1.59. The highest BCUT2D eigenvalue weighted by atomic mass is 32.1. The van der Waals surface area contributed by atoms with Gasteiger partial charge in [0.1, 0.15) is 10.8 Å². The molecule has 1 N–H and O–H groups in total. The van der Waals surface area contributed by atoms with E-state index in [-0.39, 0.29) is 5.82 Å². The van der Waals surface area contributed by atoms with E-state index in [4.69, 9.17) is 0 Å². The molecule has 108 valence electrons. The van der Waals surface area contributed by atoms with Crippen LogP contribution in [0, 0.1) is 12.7 Å². The fraction of sp³-hybridized carbons (Fsp3) is 0.200. The summed E-state index contributed by atoms with van der Waals surface area (Å²) in [6.07, 6.45) is 1.90. The first-order valence-electron chi connectivity index (χ1n) is 6.53. The molecule has 2 aromatic heterocycles. The fourth-order valence-electron chi connectivity index (χ4n) is 1.91. The van der Waals surface area contributed by atoms with Crippen molar-refractivity contribution in [1.29, 1.82) is 0 Å². The van der Waals surface area contributed by atoms with Gasteiger partial charge in [-0.2, -0.15) is 0 Å². The predicted molar refractivity (Wildman–Crippen MR) is 84.9 cm³/mol. The summed E-state index contributed by atoms with van der Waals surface area (Å²) in [5.74, 6) is -0.225. The molecule has 0 aliphatic carbocycles. The zero-order valence-corrected chi connectivity index (χ0v) is 13.1. The summed E-state index contributed by atoms with van der Waals surface area (Å²) in [5.41, 5.74) is 1.95. The highest BCUT2D eigenvalue weighted by Gasteiger charge is 2.05. The van der Waals surface area contributed by atoms with Gasteiger partial charge >= 0.3 is 0 Å². The number of nitrogens with zero attached hydrogens (tertiary/aromatic N) is 2. The number of hydrogen-bond acceptors (Lipinski definition) is 5. The molecule has 0 saturated carbocycles. The van der Waals surface area contributed by atoms with Crippen LogP contribution in [0.15, 0.2) is 35.8 Å². The standard InChI is InChI=1S/C15H14FN3S2/c1-10-18-8-14(21-10)7-17-6-13-9-20-15(19-13)11-2-4-12(16)5-3-11/h2-5,8-9,17H,6-7H2,1H3. The molecule has 0 aliphatic heterocycles. The lowest BCUT2D eigenvalue weighted by Gasteiger charge is -1.99. The summed E-state index contributed by atoms with van der Waals surface area (Å²) in [6.45, 7) is 3.52. The van der Waals surface area contributed by atoms with Gasteiger partial charge in [0.2, 0.25) is 0 Å². The van der Waals surface area contributed by atoms with Crippen molar-refractivity contribution in [3.8, 4) is 10.6 Å². The molecule has 3 aromatic rings. The second-order valence-electron chi connectivity index (χ2n) is 4.60. The molecule has 3 nitrogen and oxygen atoms in total. The summed E-state index contributed by atoms with van der Waals surface area (Å²) >= 11 is 3.27. The van der Waals surface area contributed by atoms with Crippen molar-refractivity contribution in [2.45, 2.75) is 20.0 Å². The van der Waals surface area contributed by atoms with Gasteiger partial charge in [0, 0.05) is 35.1 Å². The van der Waals surface area contributed by atoms with Crippen molar-refractivity contribution >= 4 is 22.7 Å². The number of hydrogen-bond donors (Lipinski definition) is 1. The van der Waals surface area contributed by atoms with Crippen molar-refractivity contribution in [3.05, 3.63) is 57.2 Å². The van der Waals surface area contributed by atoms with E-state index in [2.05, 4.69) is 15.3 Å². The Morgan fingerprint density at radius 3 is 2.71 bits per heavy atom. The molecule has 0 unspecified atom stereocenters. The zero-order valence-electron chi connectivity index (χ0n) is 11.5. The van der Waals surface area contributed by atoms with Crippen molar-refractivity contribution in [3.63, 3.8) is 0 Å². The quantitative estimate of drug-likeness (QED) is 0.772. The Bertz CT molecular complexity index is 719. The van der Waals surface area contributed by atoms with Crippen LogP contribution < -0.4 is 5.32 Å². The van der Waals surface area contributed by atoms with Crippen LogP contribution in [0.4, 0.5) is 4.39 Å². The smallest absolute Gasteiger partial charge is 0.123 e. The van der Waals surface area contributed by atoms with Gasteiger partial charge < -0.3 is 5.32 Å². The molecule has 21 heavy (non-hydrogen) atoms. The molecule has 3 rings (SSSR count). The molecule has 0 amide bonds. The molecule has 0 aliphatic rings. The third kappa shape index (κ3) is 3.72. The lowest BCUT2D eigenvalue weighted by Crippen LogP contribution is -2.11. The number of rotatable bonds is 5. The summed E-state index contributed by atoms with van der Waals surface area (Å²) in [6, 6.07) is 6.43. The van der Waals surface area contributed by atoms with E-state index in [1.807, 2.05) is 18.5 Å². The number of nitrogens with one attached hydrogen (secondary N) is 1. The van der Waals surface area contributed by atoms with E-state index in [1.165, 1.54) is 17.0 Å². The van der Waals surface area contributed by atoms with Crippen LogP contribution in [-0.2, 0) is 13.1 Å². The molecule has 6 heteroatoms. The Labute approximate surface area is 130 Å². The van der Waals surface area contributed by atoms with E-state index in [0.29, 0.717) is 6.54 Å². The highest BCUT2D eigenvalue weighted by molar-refractivity contribution is 7.13. The molecular formula is C15H14FN3S2. The maximum atomic E-state index is 12.9. The van der Waals surface area contributed by atoms with Gasteiger partial charge in [-0.25, -0.2) is 14.4 Å². The zero-order chi connectivity index (χ0) is 14.7. The molecule has 0 atom stereocenters. The van der Waals surface area contributed by atoms with Gasteiger partial charge in [-0.15, -0.1) is 22.7 Å². The van der Waals surface area contributed by atoms with Gasteiger partial charge in [-0.1, -0.05) is 0 Å². The van der Waals surface area contributed by atoms with Crippen LogP contribution in [-0.4, -0.2) is 9.97 Å². The van der Waals surface area contributed by atoms with Crippen LogP contribution in [0.2, 0.25) is 0 Å². The highest BCUT2D eigenvalue weighted by Crippen LogP contribution is 2.23. The van der Waals surface area contributed by atoms with Crippen molar-refractivity contribution < 1.29 is 4.39 Å². The largest absolute Gasteiger partial charge is 0.306 e. The predicted octanol–water partition coefficient (Wildman–Crippen LogP) is 4.00. The molecule has 1 aromatic carbocycles. The van der Waals surface area contributed by atoms with Gasteiger partial charge in [-0.05, 0) is 31.2 Å². The number of thiazole rings is 2. The van der Waals surface area contributed by atoms with Gasteiger partial charge in [-0.3, -0.25) is 0 Å². The van der Waals surface area contributed by atoms with Crippen LogP contribution in [0.25, 0.3) is 10.6 Å². The molecule has 2 heterocycles. The second-order valence-corrected chi connectivity index (χ2v) is 6.78. The Morgan fingerprint density at radius 2 is 2.00 bits per heavy atom. The van der Waals surface area contributed by atoms with E-state index in [9.17, 15) is 4.39 Å².